The van der Waals surface area contributed by atoms with Gasteiger partial charge in [0.2, 0.25) is 5.91 Å². The minimum Gasteiger partial charge on any atom is -0.325 e. The van der Waals surface area contributed by atoms with Gasteiger partial charge in [-0.05, 0) is 24.6 Å². The van der Waals surface area contributed by atoms with E-state index in [9.17, 15) is 9.59 Å². The lowest BCUT2D eigenvalue weighted by Gasteiger charge is -2.09. The molecule has 20 heavy (non-hydrogen) atoms. The van der Waals surface area contributed by atoms with Crippen molar-refractivity contribution < 1.29 is 4.79 Å². The van der Waals surface area contributed by atoms with Crippen LogP contribution in [0, 0.1) is 6.92 Å². The number of amides is 1. The third-order valence-electron chi connectivity index (χ3n) is 2.53. The summed E-state index contributed by atoms with van der Waals surface area (Å²) in [4.78, 5) is 29.4. The van der Waals surface area contributed by atoms with Gasteiger partial charge in [0.15, 0.2) is 5.16 Å². The SMILES string of the molecule is Cc1c(Cl)cccc1NC(=O)CSc1nccc(=O)[nH]1. The number of hydrogen-bond acceptors (Lipinski definition) is 4. The molecule has 104 valence electrons. The highest BCUT2D eigenvalue weighted by Gasteiger charge is 2.08. The van der Waals surface area contributed by atoms with Gasteiger partial charge in [0, 0.05) is 23.0 Å². The molecule has 1 aromatic carbocycles. The van der Waals surface area contributed by atoms with Crippen molar-refractivity contribution in [2.24, 2.45) is 0 Å². The molecule has 0 aliphatic rings. The summed E-state index contributed by atoms with van der Waals surface area (Å²) >= 11 is 7.14. The van der Waals surface area contributed by atoms with Crippen molar-refractivity contribution >= 4 is 35.0 Å². The summed E-state index contributed by atoms with van der Waals surface area (Å²) in [5.41, 5.74) is 1.25. The fraction of sp³-hybridized carbons (Fsp3) is 0.154. The van der Waals surface area contributed by atoms with Crippen LogP contribution in [0.15, 0.2) is 40.4 Å². The smallest absolute Gasteiger partial charge is 0.251 e. The first-order chi connectivity index (χ1) is 9.56. The van der Waals surface area contributed by atoms with Gasteiger partial charge in [-0.1, -0.05) is 29.4 Å². The minimum absolute atomic E-state index is 0.152. The van der Waals surface area contributed by atoms with Gasteiger partial charge < -0.3 is 10.3 Å². The molecule has 0 saturated carbocycles. The van der Waals surface area contributed by atoms with E-state index in [0.717, 1.165) is 17.3 Å². The predicted molar refractivity (Wildman–Crippen MR) is 80.4 cm³/mol. The van der Waals surface area contributed by atoms with Gasteiger partial charge in [-0.25, -0.2) is 4.98 Å². The Labute approximate surface area is 124 Å². The Kier molecular flexibility index (Phi) is 4.81. The van der Waals surface area contributed by atoms with E-state index in [1.54, 1.807) is 18.2 Å². The van der Waals surface area contributed by atoms with E-state index in [4.69, 9.17) is 11.6 Å². The topological polar surface area (TPSA) is 74.8 Å². The quantitative estimate of drug-likeness (QED) is 0.672. The van der Waals surface area contributed by atoms with Gasteiger partial charge in [0.25, 0.3) is 5.56 Å². The van der Waals surface area contributed by atoms with Crippen molar-refractivity contribution in [3.05, 3.63) is 51.4 Å². The molecule has 7 heteroatoms. The number of aromatic amines is 1. The number of carbonyl (C=O) groups is 1. The molecule has 0 radical (unpaired) electrons. The molecule has 0 saturated heterocycles. The molecule has 1 amide bonds. The first-order valence-electron chi connectivity index (χ1n) is 5.79. The number of H-pyrrole nitrogens is 1. The Hall–Kier alpha value is -1.79. The normalized spacial score (nSPS) is 10.3. The lowest BCUT2D eigenvalue weighted by atomic mass is 10.2. The average molecular weight is 310 g/mol. The second kappa shape index (κ2) is 6.58. The monoisotopic (exact) mass is 309 g/mol. The van der Waals surface area contributed by atoms with E-state index in [1.807, 2.05) is 6.92 Å². The second-order valence-corrected chi connectivity index (χ2v) is 5.36. The van der Waals surface area contributed by atoms with Crippen LogP contribution in [-0.2, 0) is 4.79 Å². The summed E-state index contributed by atoms with van der Waals surface area (Å²) in [6.07, 6.45) is 1.40. The van der Waals surface area contributed by atoms with Crippen LogP contribution in [0.5, 0.6) is 0 Å². The van der Waals surface area contributed by atoms with Crippen LogP contribution in [0.3, 0.4) is 0 Å². The number of benzene rings is 1. The van der Waals surface area contributed by atoms with Gasteiger partial charge in [0.05, 0.1) is 5.75 Å². The molecule has 0 aliphatic heterocycles. The van der Waals surface area contributed by atoms with E-state index in [0.29, 0.717) is 15.9 Å². The van der Waals surface area contributed by atoms with E-state index >= 15 is 0 Å². The molecule has 1 aromatic heterocycles. The van der Waals surface area contributed by atoms with Gasteiger partial charge in [-0.15, -0.1) is 0 Å². The third-order valence-corrected chi connectivity index (χ3v) is 3.83. The molecule has 0 spiro atoms. The molecule has 0 atom stereocenters. The van der Waals surface area contributed by atoms with Crippen LogP contribution in [0.1, 0.15) is 5.56 Å². The molecular weight excluding hydrogens is 298 g/mol. The van der Waals surface area contributed by atoms with E-state index in [-0.39, 0.29) is 17.2 Å². The molecule has 2 rings (SSSR count). The third kappa shape index (κ3) is 3.85. The van der Waals surface area contributed by atoms with Gasteiger partial charge in [0.1, 0.15) is 0 Å². The first kappa shape index (κ1) is 14.6. The Morgan fingerprint density at radius 1 is 1.45 bits per heavy atom. The number of anilines is 1. The summed E-state index contributed by atoms with van der Waals surface area (Å²) in [6, 6.07) is 6.64. The van der Waals surface area contributed by atoms with Crippen LogP contribution in [0.4, 0.5) is 5.69 Å². The highest BCUT2D eigenvalue weighted by atomic mass is 35.5. The maximum atomic E-state index is 11.8. The van der Waals surface area contributed by atoms with Crippen molar-refractivity contribution in [2.75, 3.05) is 11.1 Å². The van der Waals surface area contributed by atoms with Crippen LogP contribution in [-0.4, -0.2) is 21.6 Å². The summed E-state index contributed by atoms with van der Waals surface area (Å²) in [5, 5.41) is 3.79. The minimum atomic E-state index is -0.242. The molecule has 2 N–H and O–H groups in total. The molecule has 0 bridgehead atoms. The fourth-order valence-corrected chi connectivity index (χ4v) is 2.31. The Morgan fingerprint density at radius 2 is 2.25 bits per heavy atom. The molecule has 2 aromatic rings. The number of halogens is 1. The Bertz CT molecular complexity index is 687. The van der Waals surface area contributed by atoms with Crippen molar-refractivity contribution in [1.82, 2.24) is 9.97 Å². The van der Waals surface area contributed by atoms with Gasteiger partial charge in [-0.3, -0.25) is 9.59 Å². The van der Waals surface area contributed by atoms with Crippen molar-refractivity contribution in [2.45, 2.75) is 12.1 Å². The maximum absolute atomic E-state index is 11.8. The van der Waals surface area contributed by atoms with Crippen molar-refractivity contribution in [3.8, 4) is 0 Å². The lowest BCUT2D eigenvalue weighted by Crippen LogP contribution is -2.15. The number of rotatable bonds is 4. The average Bonchev–Trinajstić information content (AvgIpc) is 2.42. The molecular formula is C13H12ClN3O2S. The van der Waals surface area contributed by atoms with Crippen molar-refractivity contribution in [1.29, 1.82) is 0 Å². The highest BCUT2D eigenvalue weighted by molar-refractivity contribution is 7.99. The number of nitrogens with one attached hydrogen (secondary N) is 2. The Balaban J connectivity index is 1.96. The number of aromatic nitrogens is 2. The van der Waals surface area contributed by atoms with Crippen molar-refractivity contribution in [3.63, 3.8) is 0 Å². The summed E-state index contributed by atoms with van der Waals surface area (Å²) < 4.78 is 0. The highest BCUT2D eigenvalue weighted by Crippen LogP contribution is 2.23. The molecule has 1 heterocycles. The first-order valence-corrected chi connectivity index (χ1v) is 7.15. The summed E-state index contributed by atoms with van der Waals surface area (Å²) in [7, 11) is 0. The van der Waals surface area contributed by atoms with E-state index in [1.165, 1.54) is 12.3 Å². The van der Waals surface area contributed by atoms with Crippen LogP contribution in [0.25, 0.3) is 0 Å². The standard InChI is InChI=1S/C13H12ClN3O2S/c1-8-9(14)3-2-4-10(8)16-12(19)7-20-13-15-6-5-11(18)17-13/h2-6H,7H2,1H3,(H,16,19)(H,15,17,18). The second-order valence-electron chi connectivity index (χ2n) is 3.99. The maximum Gasteiger partial charge on any atom is 0.251 e. The van der Waals surface area contributed by atoms with E-state index < -0.39 is 0 Å². The molecule has 5 nitrogen and oxygen atoms in total. The van der Waals surface area contributed by atoms with Crippen LogP contribution < -0.4 is 10.9 Å². The summed E-state index contributed by atoms with van der Waals surface area (Å²) in [6.45, 7) is 1.83. The zero-order valence-corrected chi connectivity index (χ0v) is 12.2. The molecule has 0 aliphatic carbocycles. The molecule has 0 unspecified atom stereocenters. The van der Waals surface area contributed by atoms with Gasteiger partial charge in [-0.2, -0.15) is 0 Å². The van der Waals surface area contributed by atoms with Crippen LogP contribution >= 0.6 is 23.4 Å². The Morgan fingerprint density at radius 3 is 3.00 bits per heavy atom. The molecule has 0 fully saturated rings. The number of hydrogen-bond donors (Lipinski definition) is 2. The number of nitrogens with zero attached hydrogens (tertiary/aromatic N) is 1. The zero-order chi connectivity index (χ0) is 14.5. The predicted octanol–water partition coefficient (Wildman–Crippen LogP) is 2.46. The van der Waals surface area contributed by atoms with Gasteiger partial charge >= 0.3 is 0 Å². The largest absolute Gasteiger partial charge is 0.325 e. The zero-order valence-electron chi connectivity index (χ0n) is 10.6. The number of carbonyl (C=O) groups excluding carboxylic acids is 1. The lowest BCUT2D eigenvalue weighted by molar-refractivity contribution is -0.113. The summed E-state index contributed by atoms with van der Waals surface area (Å²) in [5.74, 6) is -0.0364. The van der Waals surface area contributed by atoms with E-state index in [2.05, 4.69) is 15.3 Å². The fourth-order valence-electron chi connectivity index (χ4n) is 1.49. The number of thioether (sulfide) groups is 1. The van der Waals surface area contributed by atoms with Crippen LogP contribution in [0.2, 0.25) is 5.02 Å².